The Kier molecular flexibility index (Phi) is 7.06. The van der Waals surface area contributed by atoms with Gasteiger partial charge in [0.25, 0.3) is 0 Å². The Hall–Kier alpha value is -3.54. The molecule has 0 saturated carbocycles. The van der Waals surface area contributed by atoms with Crippen molar-refractivity contribution >= 4 is 11.8 Å². The summed E-state index contributed by atoms with van der Waals surface area (Å²) in [5.74, 6) is 0.334. The van der Waals surface area contributed by atoms with Crippen molar-refractivity contribution in [2.45, 2.75) is 44.9 Å². The van der Waals surface area contributed by atoms with Gasteiger partial charge in [0, 0.05) is 29.3 Å². The van der Waals surface area contributed by atoms with E-state index in [4.69, 9.17) is 14.2 Å². The summed E-state index contributed by atoms with van der Waals surface area (Å²) in [7, 11) is 2.95. The van der Waals surface area contributed by atoms with Crippen molar-refractivity contribution in [2.75, 3.05) is 20.8 Å². The Morgan fingerprint density at radius 1 is 1.03 bits per heavy atom. The molecule has 1 heterocycles. The maximum Gasteiger partial charge on any atom is 0.336 e. The number of ether oxygens (including phenoxy) is 3. The van der Waals surface area contributed by atoms with Crippen molar-refractivity contribution in [1.29, 1.82) is 0 Å². The van der Waals surface area contributed by atoms with E-state index in [2.05, 4.69) is 17.4 Å². The van der Waals surface area contributed by atoms with Crippen LogP contribution in [0.3, 0.4) is 0 Å². The van der Waals surface area contributed by atoms with Gasteiger partial charge >= 0.3 is 5.97 Å². The molecule has 0 saturated heterocycles. The lowest BCUT2D eigenvalue weighted by atomic mass is 9.71. The lowest BCUT2D eigenvalue weighted by Crippen LogP contribution is -2.36. The van der Waals surface area contributed by atoms with Gasteiger partial charge in [0.2, 0.25) is 0 Å². The monoisotopic (exact) mass is 461 g/mol. The number of hydrogen-bond acceptors (Lipinski definition) is 6. The largest absolute Gasteiger partial charge is 0.493 e. The summed E-state index contributed by atoms with van der Waals surface area (Å²) in [5.41, 5.74) is 4.56. The first-order chi connectivity index (χ1) is 16.5. The number of ketones is 1. The Bertz CT molecular complexity index is 1150. The third-order valence-corrected chi connectivity index (χ3v) is 6.49. The van der Waals surface area contributed by atoms with E-state index in [1.54, 1.807) is 7.11 Å². The molecule has 1 aliphatic heterocycles. The Morgan fingerprint density at radius 2 is 1.79 bits per heavy atom. The first-order valence-corrected chi connectivity index (χ1v) is 11.7. The molecule has 0 amide bonds. The van der Waals surface area contributed by atoms with Gasteiger partial charge in [-0.05, 0) is 48.9 Å². The Labute approximate surface area is 200 Å². The third kappa shape index (κ3) is 4.45. The van der Waals surface area contributed by atoms with Crippen molar-refractivity contribution in [3.63, 3.8) is 0 Å². The van der Waals surface area contributed by atoms with Crippen LogP contribution in [-0.2, 0) is 14.3 Å². The van der Waals surface area contributed by atoms with E-state index in [-0.39, 0.29) is 11.7 Å². The number of hydrogen-bond donors (Lipinski definition) is 1. The lowest BCUT2D eigenvalue weighted by molar-refractivity contribution is -0.136. The fraction of sp³-hybridized carbons (Fsp3) is 0.357. The van der Waals surface area contributed by atoms with Crippen LogP contribution in [0.2, 0.25) is 0 Å². The summed E-state index contributed by atoms with van der Waals surface area (Å²) < 4.78 is 16.5. The summed E-state index contributed by atoms with van der Waals surface area (Å²) in [6, 6.07) is 15.7. The molecule has 0 aromatic heterocycles. The van der Waals surface area contributed by atoms with Gasteiger partial charge in [-0.25, -0.2) is 4.79 Å². The number of esters is 1. The van der Waals surface area contributed by atoms with E-state index < -0.39 is 11.9 Å². The number of benzene rings is 2. The van der Waals surface area contributed by atoms with Gasteiger partial charge in [0.05, 0.1) is 26.4 Å². The number of methoxy groups -OCH3 is 2. The smallest absolute Gasteiger partial charge is 0.336 e. The van der Waals surface area contributed by atoms with E-state index in [9.17, 15) is 9.59 Å². The molecule has 178 valence electrons. The number of nitrogens with one attached hydrogen (secondary N) is 1. The molecular weight excluding hydrogens is 430 g/mol. The zero-order valence-electron chi connectivity index (χ0n) is 20.1. The molecule has 0 unspecified atom stereocenters. The maximum absolute atomic E-state index is 13.6. The van der Waals surface area contributed by atoms with Crippen molar-refractivity contribution in [1.82, 2.24) is 5.32 Å². The van der Waals surface area contributed by atoms with E-state index >= 15 is 0 Å². The highest BCUT2D eigenvalue weighted by molar-refractivity contribution is 6.04. The standard InChI is InChI=1S/C28H31NO5/c1-5-13-34-23-12-11-19(16-24(23)32-3)26-25(28(31)33-4)17(2)29-21-14-20(15-22(30)27(21)26)18-9-7-6-8-10-18/h6-12,16,20,26,29H,5,13-15H2,1-4H3/t20-,26-/m1/s1. The topological polar surface area (TPSA) is 73.9 Å². The fourth-order valence-electron chi connectivity index (χ4n) is 4.91. The van der Waals surface area contributed by atoms with Crippen LogP contribution in [0.1, 0.15) is 56.1 Å². The molecule has 0 fully saturated rings. The molecule has 0 spiro atoms. The van der Waals surface area contributed by atoms with Gasteiger partial charge in [0.15, 0.2) is 17.3 Å². The summed E-state index contributed by atoms with van der Waals surface area (Å²) in [6.07, 6.45) is 1.96. The number of carbonyl (C=O) groups is 2. The second-order valence-electron chi connectivity index (χ2n) is 8.68. The number of dihydropyridines is 1. The molecule has 2 aliphatic rings. The van der Waals surface area contributed by atoms with Crippen LogP contribution in [0.4, 0.5) is 0 Å². The van der Waals surface area contributed by atoms with Gasteiger partial charge in [-0.1, -0.05) is 43.3 Å². The van der Waals surface area contributed by atoms with Crippen LogP contribution >= 0.6 is 0 Å². The average molecular weight is 462 g/mol. The molecule has 2 aromatic carbocycles. The fourth-order valence-corrected chi connectivity index (χ4v) is 4.91. The van der Waals surface area contributed by atoms with Crippen LogP contribution in [0.5, 0.6) is 11.5 Å². The van der Waals surface area contributed by atoms with Crippen LogP contribution in [0.15, 0.2) is 71.1 Å². The molecule has 0 radical (unpaired) electrons. The molecule has 2 aromatic rings. The average Bonchev–Trinajstić information content (AvgIpc) is 2.86. The number of rotatable bonds is 7. The molecule has 0 bridgehead atoms. The van der Waals surface area contributed by atoms with E-state index in [0.29, 0.717) is 47.8 Å². The molecule has 6 nitrogen and oxygen atoms in total. The second-order valence-corrected chi connectivity index (χ2v) is 8.68. The SMILES string of the molecule is CCCOc1ccc([C@@H]2C(C(=O)OC)=C(C)NC3=C2C(=O)C[C@H](c2ccccc2)C3)cc1OC. The zero-order valence-corrected chi connectivity index (χ0v) is 20.1. The number of allylic oxidation sites excluding steroid dienone is 3. The second kappa shape index (κ2) is 10.2. The van der Waals surface area contributed by atoms with Crippen LogP contribution < -0.4 is 14.8 Å². The zero-order chi connectivity index (χ0) is 24.2. The maximum atomic E-state index is 13.6. The normalized spacial score (nSPS) is 19.9. The highest BCUT2D eigenvalue weighted by Gasteiger charge is 2.41. The number of Topliss-reactive ketones (excluding diaryl/α,β-unsaturated/α-hetero) is 1. The van der Waals surface area contributed by atoms with E-state index in [1.165, 1.54) is 7.11 Å². The lowest BCUT2D eigenvalue weighted by Gasteiger charge is -2.36. The van der Waals surface area contributed by atoms with Gasteiger partial charge in [-0.15, -0.1) is 0 Å². The third-order valence-electron chi connectivity index (χ3n) is 6.49. The van der Waals surface area contributed by atoms with E-state index in [1.807, 2.05) is 50.2 Å². The van der Waals surface area contributed by atoms with Crippen molar-refractivity contribution < 1.29 is 23.8 Å². The minimum absolute atomic E-state index is 0.0341. The van der Waals surface area contributed by atoms with Crippen LogP contribution in [0, 0.1) is 0 Å². The predicted octanol–water partition coefficient (Wildman–Crippen LogP) is 5.02. The van der Waals surface area contributed by atoms with Crippen molar-refractivity contribution in [2.24, 2.45) is 0 Å². The molecule has 4 rings (SSSR count). The molecule has 6 heteroatoms. The summed E-state index contributed by atoms with van der Waals surface area (Å²) in [4.78, 5) is 26.5. The summed E-state index contributed by atoms with van der Waals surface area (Å²) in [5, 5.41) is 3.36. The first-order valence-electron chi connectivity index (χ1n) is 11.7. The minimum atomic E-state index is -0.540. The molecule has 1 aliphatic carbocycles. The van der Waals surface area contributed by atoms with Gasteiger partial charge in [-0.3, -0.25) is 4.79 Å². The highest BCUT2D eigenvalue weighted by atomic mass is 16.5. The van der Waals surface area contributed by atoms with E-state index in [0.717, 1.165) is 23.2 Å². The molecular formula is C28H31NO5. The number of carbonyl (C=O) groups excluding carboxylic acids is 2. The van der Waals surface area contributed by atoms with Crippen LogP contribution in [-0.4, -0.2) is 32.6 Å². The first kappa shape index (κ1) is 23.6. The molecule has 2 atom stereocenters. The summed E-state index contributed by atoms with van der Waals surface area (Å²) in [6.45, 7) is 4.47. The van der Waals surface area contributed by atoms with Gasteiger partial charge < -0.3 is 19.5 Å². The van der Waals surface area contributed by atoms with Gasteiger partial charge in [0.1, 0.15) is 0 Å². The molecule has 34 heavy (non-hydrogen) atoms. The van der Waals surface area contributed by atoms with Crippen molar-refractivity contribution in [3.8, 4) is 11.5 Å². The van der Waals surface area contributed by atoms with Gasteiger partial charge in [-0.2, -0.15) is 0 Å². The summed E-state index contributed by atoms with van der Waals surface area (Å²) >= 11 is 0. The minimum Gasteiger partial charge on any atom is -0.493 e. The van der Waals surface area contributed by atoms with Crippen molar-refractivity contribution in [3.05, 3.63) is 82.2 Å². The Balaban J connectivity index is 1.80. The molecule has 1 N–H and O–H groups in total. The van der Waals surface area contributed by atoms with Crippen LogP contribution in [0.25, 0.3) is 0 Å². The highest BCUT2D eigenvalue weighted by Crippen LogP contribution is 2.46. The predicted molar refractivity (Wildman–Crippen MR) is 130 cm³/mol. The quantitative estimate of drug-likeness (QED) is 0.584. The Morgan fingerprint density at radius 3 is 2.47 bits per heavy atom.